The van der Waals surface area contributed by atoms with Crippen LogP contribution >= 0.6 is 11.6 Å². The highest BCUT2D eigenvalue weighted by atomic mass is 35.5. The van der Waals surface area contributed by atoms with E-state index in [-0.39, 0.29) is 27.6 Å². The number of hydrogen-bond acceptors (Lipinski definition) is 5. The number of rotatable bonds is 7. The highest BCUT2D eigenvalue weighted by molar-refractivity contribution is 7.93. The number of sulfonamides is 2. The van der Waals surface area contributed by atoms with Crippen LogP contribution in [0.4, 0.5) is 5.69 Å². The standard InChI is InChI=1S/C19H18ClN3O5S2/c1-21-29(25,26)16-6-4-7-17(11-16)30(27,28)22-15-9-10-19(24)23(13-15)12-14-5-2-3-8-18(14)20/h2-11,13,21-22H,12H2,1H3. The van der Waals surface area contributed by atoms with Crippen LogP contribution in [0.25, 0.3) is 0 Å². The first-order valence-electron chi connectivity index (χ1n) is 8.63. The van der Waals surface area contributed by atoms with Crippen LogP contribution in [0.5, 0.6) is 0 Å². The van der Waals surface area contributed by atoms with Crippen LogP contribution < -0.4 is 15.0 Å². The van der Waals surface area contributed by atoms with Gasteiger partial charge < -0.3 is 4.57 Å². The topological polar surface area (TPSA) is 114 Å². The summed E-state index contributed by atoms with van der Waals surface area (Å²) in [6, 6.07) is 14.5. The van der Waals surface area contributed by atoms with E-state index in [9.17, 15) is 21.6 Å². The lowest BCUT2D eigenvalue weighted by atomic mass is 10.2. The van der Waals surface area contributed by atoms with Gasteiger partial charge in [-0.05, 0) is 42.9 Å². The van der Waals surface area contributed by atoms with E-state index in [1.54, 1.807) is 24.3 Å². The van der Waals surface area contributed by atoms with Gasteiger partial charge in [-0.2, -0.15) is 0 Å². The molecule has 0 aliphatic rings. The van der Waals surface area contributed by atoms with Crippen LogP contribution in [0, 0.1) is 0 Å². The smallest absolute Gasteiger partial charge is 0.261 e. The summed E-state index contributed by atoms with van der Waals surface area (Å²) in [5.74, 6) is 0. The molecule has 0 bridgehead atoms. The van der Waals surface area contributed by atoms with Gasteiger partial charge in [-0.3, -0.25) is 9.52 Å². The van der Waals surface area contributed by atoms with Gasteiger partial charge in [0.05, 0.1) is 22.0 Å². The van der Waals surface area contributed by atoms with Crippen LogP contribution in [-0.4, -0.2) is 28.5 Å². The van der Waals surface area contributed by atoms with Gasteiger partial charge in [0, 0.05) is 17.3 Å². The Morgan fingerprint density at radius 1 is 0.900 bits per heavy atom. The van der Waals surface area contributed by atoms with E-state index in [0.717, 1.165) is 6.07 Å². The van der Waals surface area contributed by atoms with Crippen LogP contribution in [0.3, 0.4) is 0 Å². The number of nitrogens with one attached hydrogen (secondary N) is 2. The molecular formula is C19H18ClN3O5S2. The van der Waals surface area contributed by atoms with Crippen molar-refractivity contribution in [3.05, 3.63) is 87.8 Å². The number of pyridine rings is 1. The van der Waals surface area contributed by atoms with E-state index in [1.165, 1.54) is 48.1 Å². The number of halogens is 1. The van der Waals surface area contributed by atoms with E-state index >= 15 is 0 Å². The van der Waals surface area contributed by atoms with Gasteiger partial charge in [0.15, 0.2) is 0 Å². The Morgan fingerprint density at radius 2 is 1.57 bits per heavy atom. The SMILES string of the molecule is CNS(=O)(=O)c1cccc(S(=O)(=O)Nc2ccc(=O)n(Cc3ccccc3Cl)c2)c1. The average molecular weight is 468 g/mol. The Hall–Kier alpha value is -2.66. The molecule has 0 saturated heterocycles. The summed E-state index contributed by atoms with van der Waals surface area (Å²) in [6.07, 6.45) is 1.36. The second-order valence-corrected chi connectivity index (χ2v) is 10.2. The van der Waals surface area contributed by atoms with Gasteiger partial charge in [0.2, 0.25) is 10.0 Å². The summed E-state index contributed by atoms with van der Waals surface area (Å²) in [5, 5.41) is 0.484. The number of anilines is 1. The predicted octanol–water partition coefficient (Wildman–Crippen LogP) is 2.26. The van der Waals surface area contributed by atoms with Crippen molar-refractivity contribution >= 4 is 37.3 Å². The van der Waals surface area contributed by atoms with Crippen LogP contribution in [0.15, 0.2) is 81.4 Å². The monoisotopic (exact) mass is 467 g/mol. The summed E-state index contributed by atoms with van der Waals surface area (Å²) >= 11 is 6.14. The summed E-state index contributed by atoms with van der Waals surface area (Å²) in [7, 11) is -6.67. The molecule has 2 N–H and O–H groups in total. The fourth-order valence-electron chi connectivity index (χ4n) is 2.67. The first kappa shape index (κ1) is 22.0. The molecule has 0 saturated carbocycles. The molecular weight excluding hydrogens is 450 g/mol. The molecule has 0 radical (unpaired) electrons. The minimum absolute atomic E-state index is 0.142. The van der Waals surface area contributed by atoms with Crippen LogP contribution in [0.2, 0.25) is 5.02 Å². The van der Waals surface area contributed by atoms with E-state index in [2.05, 4.69) is 9.44 Å². The third-order valence-corrected chi connectivity index (χ3v) is 7.39. The molecule has 0 unspecified atom stereocenters. The fourth-order valence-corrected chi connectivity index (χ4v) is 4.80. The first-order valence-corrected chi connectivity index (χ1v) is 12.0. The van der Waals surface area contributed by atoms with Crippen molar-refractivity contribution in [1.82, 2.24) is 9.29 Å². The molecule has 0 fully saturated rings. The minimum Gasteiger partial charge on any atom is -0.309 e. The average Bonchev–Trinajstić information content (AvgIpc) is 2.72. The van der Waals surface area contributed by atoms with Crippen molar-refractivity contribution in [2.24, 2.45) is 0 Å². The lowest BCUT2D eigenvalue weighted by molar-refractivity contribution is 0.588. The van der Waals surface area contributed by atoms with Gasteiger partial charge in [0.1, 0.15) is 0 Å². The van der Waals surface area contributed by atoms with Crippen molar-refractivity contribution in [3.63, 3.8) is 0 Å². The second kappa shape index (κ2) is 8.60. The molecule has 1 aromatic heterocycles. The zero-order valence-corrected chi connectivity index (χ0v) is 18.1. The van der Waals surface area contributed by atoms with Crippen LogP contribution in [0.1, 0.15) is 5.56 Å². The molecule has 1 heterocycles. The molecule has 0 spiro atoms. The summed E-state index contributed by atoms with van der Waals surface area (Å²) in [4.78, 5) is 11.8. The maximum Gasteiger partial charge on any atom is 0.261 e. The number of benzene rings is 2. The Bertz CT molecular complexity index is 1350. The Balaban J connectivity index is 1.92. The van der Waals surface area contributed by atoms with E-state index < -0.39 is 20.0 Å². The number of hydrogen-bond donors (Lipinski definition) is 2. The van der Waals surface area contributed by atoms with Gasteiger partial charge in [-0.25, -0.2) is 21.6 Å². The molecule has 0 aliphatic heterocycles. The molecule has 2 aromatic carbocycles. The molecule has 158 valence electrons. The molecule has 8 nitrogen and oxygen atoms in total. The van der Waals surface area contributed by atoms with Crippen molar-refractivity contribution in [3.8, 4) is 0 Å². The highest BCUT2D eigenvalue weighted by Gasteiger charge is 2.19. The number of aromatic nitrogens is 1. The Morgan fingerprint density at radius 3 is 2.23 bits per heavy atom. The maximum absolute atomic E-state index is 12.7. The lowest BCUT2D eigenvalue weighted by Gasteiger charge is -2.12. The highest BCUT2D eigenvalue weighted by Crippen LogP contribution is 2.20. The van der Waals surface area contributed by atoms with Crippen molar-refractivity contribution in [2.45, 2.75) is 16.3 Å². The van der Waals surface area contributed by atoms with Gasteiger partial charge in [-0.15, -0.1) is 0 Å². The molecule has 0 atom stereocenters. The summed E-state index contributed by atoms with van der Waals surface area (Å²) in [5.41, 5.74) is 0.509. The minimum atomic E-state index is -4.10. The molecule has 0 amide bonds. The first-order chi connectivity index (χ1) is 14.1. The fraction of sp³-hybridized carbons (Fsp3) is 0.105. The largest absolute Gasteiger partial charge is 0.309 e. The maximum atomic E-state index is 12.7. The van der Waals surface area contributed by atoms with Crippen molar-refractivity contribution in [2.75, 3.05) is 11.8 Å². The van der Waals surface area contributed by atoms with Gasteiger partial charge >= 0.3 is 0 Å². The second-order valence-electron chi connectivity index (χ2n) is 6.26. The zero-order valence-electron chi connectivity index (χ0n) is 15.7. The van der Waals surface area contributed by atoms with Gasteiger partial charge in [-0.1, -0.05) is 35.9 Å². The zero-order chi connectivity index (χ0) is 21.9. The molecule has 3 rings (SSSR count). The summed E-state index contributed by atoms with van der Waals surface area (Å²) < 4.78 is 55.2. The third-order valence-electron chi connectivity index (χ3n) is 4.23. The van der Waals surface area contributed by atoms with Crippen LogP contribution in [-0.2, 0) is 26.6 Å². The Labute approximate surface area is 179 Å². The van der Waals surface area contributed by atoms with E-state index in [4.69, 9.17) is 11.6 Å². The van der Waals surface area contributed by atoms with Crippen molar-refractivity contribution in [1.29, 1.82) is 0 Å². The molecule has 3 aromatic rings. The normalized spacial score (nSPS) is 11.9. The van der Waals surface area contributed by atoms with E-state index in [0.29, 0.717) is 10.6 Å². The molecule has 0 aliphatic carbocycles. The lowest BCUT2D eigenvalue weighted by Crippen LogP contribution is -2.22. The third kappa shape index (κ3) is 4.90. The molecule has 11 heteroatoms. The molecule has 30 heavy (non-hydrogen) atoms. The number of nitrogens with zero attached hydrogens (tertiary/aromatic N) is 1. The van der Waals surface area contributed by atoms with Gasteiger partial charge in [0.25, 0.3) is 15.6 Å². The Kier molecular flexibility index (Phi) is 6.32. The quantitative estimate of drug-likeness (QED) is 0.553. The van der Waals surface area contributed by atoms with E-state index in [1.807, 2.05) is 0 Å². The summed E-state index contributed by atoms with van der Waals surface area (Å²) in [6.45, 7) is 0.157. The van der Waals surface area contributed by atoms with Crippen molar-refractivity contribution < 1.29 is 16.8 Å². The predicted molar refractivity (Wildman–Crippen MR) is 115 cm³/mol.